The number of carboxylic acid groups (broad SMARTS) is 1. The first kappa shape index (κ1) is 10.7. The van der Waals surface area contributed by atoms with E-state index < -0.39 is 6.09 Å². The molecule has 0 spiro atoms. The molecule has 1 amide bonds. The van der Waals surface area contributed by atoms with E-state index >= 15 is 0 Å². The molecule has 0 atom stereocenters. The zero-order valence-corrected chi connectivity index (χ0v) is 8.48. The summed E-state index contributed by atoms with van der Waals surface area (Å²) in [5.74, 6) is 0. The standard InChI is InChI=1S/C8H7N7O2/c9-14-10-3-5-4-15-7(12-5)6(1-2-11-15)13-8(16)17/h1-2,4,13H,3H2,(H,16,17). The Labute approximate surface area is 94.3 Å². The summed E-state index contributed by atoms with van der Waals surface area (Å²) in [7, 11) is 0. The van der Waals surface area contributed by atoms with Crippen LogP contribution in [0, 0.1) is 0 Å². The van der Waals surface area contributed by atoms with Crippen molar-refractivity contribution in [1.82, 2.24) is 14.6 Å². The Kier molecular flexibility index (Phi) is 2.75. The molecule has 0 unspecified atom stereocenters. The summed E-state index contributed by atoms with van der Waals surface area (Å²) in [6, 6.07) is 1.49. The molecule has 0 saturated carbocycles. The van der Waals surface area contributed by atoms with Crippen molar-refractivity contribution in [2.75, 3.05) is 5.32 Å². The van der Waals surface area contributed by atoms with Gasteiger partial charge in [-0.2, -0.15) is 5.10 Å². The lowest BCUT2D eigenvalue weighted by Gasteiger charge is -2.00. The number of nitrogens with one attached hydrogen (secondary N) is 1. The number of imidazole rings is 1. The molecule has 0 aliphatic rings. The number of anilines is 1. The zero-order chi connectivity index (χ0) is 12.3. The minimum Gasteiger partial charge on any atom is -0.465 e. The molecule has 0 saturated heterocycles. The molecular weight excluding hydrogens is 226 g/mol. The summed E-state index contributed by atoms with van der Waals surface area (Å²) in [5.41, 5.74) is 9.38. The number of rotatable bonds is 3. The van der Waals surface area contributed by atoms with E-state index in [1.165, 1.54) is 16.8 Å². The van der Waals surface area contributed by atoms with Crippen LogP contribution in [0.25, 0.3) is 16.1 Å². The minimum absolute atomic E-state index is 0.0897. The van der Waals surface area contributed by atoms with E-state index in [9.17, 15) is 4.79 Å². The number of aromatic nitrogens is 3. The van der Waals surface area contributed by atoms with Crippen molar-refractivity contribution in [3.8, 4) is 0 Å². The Hall–Kier alpha value is -2.80. The van der Waals surface area contributed by atoms with Gasteiger partial charge in [-0.3, -0.25) is 5.32 Å². The summed E-state index contributed by atoms with van der Waals surface area (Å²) < 4.78 is 1.41. The van der Waals surface area contributed by atoms with Gasteiger partial charge in [0.2, 0.25) is 0 Å². The van der Waals surface area contributed by atoms with E-state index in [4.69, 9.17) is 10.6 Å². The second-order valence-electron chi connectivity index (χ2n) is 3.06. The Morgan fingerprint density at radius 2 is 2.53 bits per heavy atom. The summed E-state index contributed by atoms with van der Waals surface area (Å²) in [6.07, 6.45) is 1.83. The fourth-order valence-electron chi connectivity index (χ4n) is 1.34. The summed E-state index contributed by atoms with van der Waals surface area (Å²) in [5, 5.41) is 18.2. The van der Waals surface area contributed by atoms with E-state index in [1.54, 1.807) is 6.20 Å². The number of nitrogens with zero attached hydrogens (tertiary/aromatic N) is 6. The van der Waals surface area contributed by atoms with Gasteiger partial charge in [-0.15, -0.1) is 0 Å². The first-order chi connectivity index (χ1) is 8.20. The van der Waals surface area contributed by atoms with Crippen LogP contribution < -0.4 is 5.32 Å². The zero-order valence-electron chi connectivity index (χ0n) is 8.48. The van der Waals surface area contributed by atoms with Crippen molar-refractivity contribution in [1.29, 1.82) is 0 Å². The van der Waals surface area contributed by atoms with Gasteiger partial charge in [-0.25, -0.2) is 14.3 Å². The molecule has 9 nitrogen and oxygen atoms in total. The Bertz CT molecular complexity index is 613. The average Bonchev–Trinajstić information content (AvgIpc) is 2.69. The second kappa shape index (κ2) is 4.37. The van der Waals surface area contributed by atoms with Crippen LogP contribution >= 0.6 is 0 Å². The van der Waals surface area contributed by atoms with Crippen LogP contribution in [-0.2, 0) is 6.54 Å². The van der Waals surface area contributed by atoms with Gasteiger partial charge in [-0.05, 0) is 11.6 Å². The minimum atomic E-state index is -1.18. The van der Waals surface area contributed by atoms with Crippen molar-refractivity contribution in [2.45, 2.75) is 6.54 Å². The fourth-order valence-corrected chi connectivity index (χ4v) is 1.34. The predicted octanol–water partition coefficient (Wildman–Crippen LogP) is 1.63. The highest BCUT2D eigenvalue weighted by atomic mass is 16.4. The first-order valence-electron chi connectivity index (χ1n) is 4.55. The monoisotopic (exact) mass is 233 g/mol. The van der Waals surface area contributed by atoms with Crippen LogP contribution in [0.5, 0.6) is 0 Å². The first-order valence-corrected chi connectivity index (χ1v) is 4.55. The number of amides is 1. The quantitative estimate of drug-likeness (QED) is 0.474. The molecule has 0 aliphatic heterocycles. The number of fused-ring (bicyclic) bond motifs is 1. The van der Waals surface area contributed by atoms with Gasteiger partial charge in [0, 0.05) is 4.91 Å². The fraction of sp³-hybridized carbons (Fsp3) is 0.125. The Morgan fingerprint density at radius 3 is 3.24 bits per heavy atom. The lowest BCUT2D eigenvalue weighted by molar-refractivity contribution is 0.210. The van der Waals surface area contributed by atoms with Crippen LogP contribution in [0.2, 0.25) is 0 Å². The summed E-state index contributed by atoms with van der Waals surface area (Å²) >= 11 is 0. The molecule has 17 heavy (non-hydrogen) atoms. The van der Waals surface area contributed by atoms with Gasteiger partial charge < -0.3 is 5.11 Å². The Morgan fingerprint density at radius 1 is 1.71 bits per heavy atom. The molecule has 0 aliphatic carbocycles. The SMILES string of the molecule is [N-]=[N+]=NCc1cn2nccc(NC(=O)O)c2n1. The lowest BCUT2D eigenvalue weighted by atomic mass is 10.4. The van der Waals surface area contributed by atoms with E-state index in [-0.39, 0.29) is 6.54 Å². The molecule has 0 radical (unpaired) electrons. The molecular formula is C8H7N7O2. The third kappa shape index (κ3) is 2.24. The van der Waals surface area contributed by atoms with Gasteiger partial charge in [-0.1, -0.05) is 5.11 Å². The van der Waals surface area contributed by atoms with Gasteiger partial charge in [0.25, 0.3) is 0 Å². The van der Waals surface area contributed by atoms with Crippen molar-refractivity contribution in [3.63, 3.8) is 0 Å². The van der Waals surface area contributed by atoms with Gasteiger partial charge in [0.05, 0.1) is 30.3 Å². The number of azide groups is 1. The van der Waals surface area contributed by atoms with Crippen LogP contribution in [0.3, 0.4) is 0 Å². The molecule has 0 fully saturated rings. The van der Waals surface area contributed by atoms with E-state index in [2.05, 4.69) is 25.4 Å². The average molecular weight is 233 g/mol. The van der Waals surface area contributed by atoms with Gasteiger partial charge >= 0.3 is 6.09 Å². The van der Waals surface area contributed by atoms with Crippen LogP contribution in [-0.4, -0.2) is 25.8 Å². The van der Waals surface area contributed by atoms with Crippen LogP contribution in [0.4, 0.5) is 10.5 Å². The van der Waals surface area contributed by atoms with Gasteiger partial charge in [0.1, 0.15) is 0 Å². The molecule has 2 rings (SSSR count). The molecule has 2 N–H and O–H groups in total. The highest BCUT2D eigenvalue weighted by Crippen LogP contribution is 2.15. The van der Waals surface area contributed by atoms with E-state index in [0.29, 0.717) is 17.0 Å². The van der Waals surface area contributed by atoms with Crippen molar-refractivity contribution in [3.05, 3.63) is 34.6 Å². The normalized spacial score (nSPS) is 9.88. The largest absolute Gasteiger partial charge is 0.465 e. The highest BCUT2D eigenvalue weighted by molar-refractivity contribution is 5.87. The molecule has 0 bridgehead atoms. The summed E-state index contributed by atoms with van der Waals surface area (Å²) in [4.78, 5) is 17.3. The highest BCUT2D eigenvalue weighted by Gasteiger charge is 2.08. The summed E-state index contributed by atoms with van der Waals surface area (Å²) in [6.45, 7) is 0.0897. The van der Waals surface area contributed by atoms with Crippen molar-refractivity contribution < 1.29 is 9.90 Å². The van der Waals surface area contributed by atoms with E-state index in [0.717, 1.165) is 0 Å². The topological polar surface area (TPSA) is 128 Å². The third-order valence-corrected chi connectivity index (χ3v) is 1.95. The molecule has 2 aromatic rings. The predicted molar refractivity (Wildman–Crippen MR) is 57.5 cm³/mol. The smallest absolute Gasteiger partial charge is 0.409 e. The number of hydrogen-bond acceptors (Lipinski definition) is 4. The van der Waals surface area contributed by atoms with Crippen molar-refractivity contribution in [2.24, 2.45) is 5.11 Å². The van der Waals surface area contributed by atoms with Crippen molar-refractivity contribution >= 4 is 17.4 Å². The maximum atomic E-state index is 10.6. The molecule has 86 valence electrons. The lowest BCUT2D eigenvalue weighted by Crippen LogP contribution is -2.09. The van der Waals surface area contributed by atoms with Crippen LogP contribution in [0.15, 0.2) is 23.6 Å². The second-order valence-corrected chi connectivity index (χ2v) is 3.06. The van der Waals surface area contributed by atoms with Gasteiger partial charge in [0.15, 0.2) is 5.65 Å². The number of carbonyl (C=O) groups is 1. The molecule has 0 aromatic carbocycles. The Balaban J connectivity index is 2.44. The third-order valence-electron chi connectivity index (χ3n) is 1.95. The van der Waals surface area contributed by atoms with Crippen LogP contribution in [0.1, 0.15) is 5.69 Å². The molecule has 9 heteroatoms. The maximum Gasteiger partial charge on any atom is 0.409 e. The molecule has 2 heterocycles. The van der Waals surface area contributed by atoms with E-state index in [1.807, 2.05) is 0 Å². The molecule has 2 aromatic heterocycles. The maximum absolute atomic E-state index is 10.6. The number of hydrogen-bond donors (Lipinski definition) is 2.